The predicted octanol–water partition coefficient (Wildman–Crippen LogP) is 3.61. The molecule has 86 valence electrons. The summed E-state index contributed by atoms with van der Waals surface area (Å²) >= 11 is 5.79. The number of imidazole rings is 1. The summed E-state index contributed by atoms with van der Waals surface area (Å²) in [4.78, 5) is 11.0. The second-order valence-corrected chi connectivity index (χ2v) is 4.31. The van der Waals surface area contributed by atoms with Crippen LogP contribution in [0.4, 0.5) is 0 Å². The van der Waals surface area contributed by atoms with E-state index in [0.29, 0.717) is 5.88 Å². The van der Waals surface area contributed by atoms with Crippen molar-refractivity contribution in [2.24, 2.45) is 0 Å². The molecule has 0 bridgehead atoms. The number of aromatic amines is 2. The van der Waals surface area contributed by atoms with Gasteiger partial charge in [-0.3, -0.25) is 0 Å². The first kappa shape index (κ1) is 10.4. The summed E-state index contributed by atoms with van der Waals surface area (Å²) in [6.45, 7) is 2.01. The van der Waals surface area contributed by atoms with Crippen LogP contribution in [0.5, 0.6) is 0 Å². The van der Waals surface area contributed by atoms with E-state index in [4.69, 9.17) is 11.6 Å². The molecule has 0 saturated heterocycles. The van der Waals surface area contributed by atoms with Crippen LogP contribution < -0.4 is 0 Å². The predicted molar refractivity (Wildman–Crippen MR) is 70.2 cm³/mol. The average Bonchev–Trinajstić information content (AvgIpc) is 2.92. The third-order valence-corrected chi connectivity index (χ3v) is 3.16. The van der Waals surface area contributed by atoms with Gasteiger partial charge in [-0.25, -0.2) is 4.98 Å². The van der Waals surface area contributed by atoms with Crippen LogP contribution >= 0.6 is 11.6 Å². The molecule has 17 heavy (non-hydrogen) atoms. The van der Waals surface area contributed by atoms with Crippen molar-refractivity contribution >= 4 is 22.5 Å². The lowest BCUT2D eigenvalue weighted by molar-refractivity contribution is 1.10. The van der Waals surface area contributed by atoms with Crippen LogP contribution in [0.2, 0.25) is 0 Å². The number of H-pyrrole nitrogens is 2. The lowest BCUT2D eigenvalue weighted by Crippen LogP contribution is -1.80. The third kappa shape index (κ3) is 1.63. The number of fused-ring (bicyclic) bond motifs is 1. The molecule has 2 N–H and O–H groups in total. The Morgan fingerprint density at radius 1 is 1.29 bits per heavy atom. The van der Waals surface area contributed by atoms with Crippen molar-refractivity contribution in [1.82, 2.24) is 15.0 Å². The van der Waals surface area contributed by atoms with E-state index in [9.17, 15) is 0 Å². The number of alkyl halides is 1. The van der Waals surface area contributed by atoms with Crippen molar-refractivity contribution in [1.29, 1.82) is 0 Å². The van der Waals surface area contributed by atoms with Crippen LogP contribution in [0.25, 0.3) is 22.2 Å². The highest BCUT2D eigenvalue weighted by atomic mass is 35.5. The van der Waals surface area contributed by atoms with E-state index in [2.05, 4.69) is 27.1 Å². The molecule has 2 aromatic heterocycles. The Bertz CT molecular complexity index is 666. The highest BCUT2D eigenvalue weighted by Gasteiger charge is 2.12. The second-order valence-electron chi connectivity index (χ2n) is 4.04. The number of benzene rings is 1. The summed E-state index contributed by atoms with van der Waals surface area (Å²) in [7, 11) is 0. The van der Waals surface area contributed by atoms with E-state index < -0.39 is 0 Å². The number of hydrogen-bond donors (Lipinski definition) is 2. The number of hydrogen-bond acceptors (Lipinski definition) is 1. The van der Waals surface area contributed by atoms with Gasteiger partial charge >= 0.3 is 0 Å². The number of halogens is 1. The van der Waals surface area contributed by atoms with Crippen molar-refractivity contribution in [2.75, 3.05) is 0 Å². The van der Waals surface area contributed by atoms with Gasteiger partial charge in [0, 0.05) is 28.4 Å². The minimum Gasteiger partial charge on any atom is -0.360 e. The molecular weight excluding hydrogens is 234 g/mol. The largest absolute Gasteiger partial charge is 0.360 e. The highest BCUT2D eigenvalue weighted by Crippen LogP contribution is 2.29. The van der Waals surface area contributed by atoms with Gasteiger partial charge in [-0.1, -0.05) is 18.2 Å². The molecule has 0 aliphatic heterocycles. The van der Waals surface area contributed by atoms with Crippen LogP contribution in [0.3, 0.4) is 0 Å². The third-order valence-electron chi connectivity index (χ3n) is 2.90. The zero-order valence-electron chi connectivity index (χ0n) is 9.42. The maximum absolute atomic E-state index is 5.79. The molecule has 0 aliphatic carbocycles. The number of nitrogens with one attached hydrogen (secondary N) is 2. The monoisotopic (exact) mass is 245 g/mol. The fourth-order valence-corrected chi connectivity index (χ4v) is 2.24. The van der Waals surface area contributed by atoms with E-state index in [-0.39, 0.29) is 0 Å². The second kappa shape index (κ2) is 3.93. The van der Waals surface area contributed by atoms with Crippen LogP contribution in [0.15, 0.2) is 30.5 Å². The molecule has 2 heterocycles. The molecule has 3 aromatic rings. The van der Waals surface area contributed by atoms with Gasteiger partial charge in [0.1, 0.15) is 5.82 Å². The van der Waals surface area contributed by atoms with Crippen molar-refractivity contribution in [3.63, 3.8) is 0 Å². The zero-order valence-corrected chi connectivity index (χ0v) is 10.2. The van der Waals surface area contributed by atoms with Crippen molar-refractivity contribution in [2.45, 2.75) is 12.8 Å². The Hall–Kier alpha value is -1.74. The summed E-state index contributed by atoms with van der Waals surface area (Å²) in [5.74, 6) is 1.22. The maximum atomic E-state index is 5.79. The van der Waals surface area contributed by atoms with Crippen molar-refractivity contribution < 1.29 is 0 Å². The molecule has 3 rings (SSSR count). The Balaban J connectivity index is 2.23. The van der Waals surface area contributed by atoms with Gasteiger partial charge in [0.2, 0.25) is 0 Å². The SMILES string of the molecule is Cc1[nH]c(CCl)nc1-c1c[nH]c2ccccc12. The molecular formula is C13H12ClN3. The summed E-state index contributed by atoms with van der Waals surface area (Å²) in [6, 6.07) is 8.20. The normalized spacial score (nSPS) is 11.2. The molecule has 0 spiro atoms. The molecule has 0 aliphatic rings. The van der Waals surface area contributed by atoms with E-state index in [1.165, 1.54) is 5.39 Å². The Labute approximate surface area is 104 Å². The van der Waals surface area contributed by atoms with Crippen molar-refractivity contribution in [3.05, 3.63) is 42.0 Å². The van der Waals surface area contributed by atoms with E-state index in [0.717, 1.165) is 28.3 Å². The minimum atomic E-state index is 0.406. The van der Waals surface area contributed by atoms with Gasteiger partial charge in [-0.2, -0.15) is 0 Å². The lowest BCUT2D eigenvalue weighted by Gasteiger charge is -1.95. The summed E-state index contributed by atoms with van der Waals surface area (Å²) in [6.07, 6.45) is 1.99. The molecule has 0 amide bonds. The molecule has 0 radical (unpaired) electrons. The van der Waals surface area contributed by atoms with Crippen LogP contribution in [-0.2, 0) is 5.88 Å². The fourth-order valence-electron chi connectivity index (χ4n) is 2.12. The van der Waals surface area contributed by atoms with E-state index in [1.54, 1.807) is 0 Å². The van der Waals surface area contributed by atoms with Gasteiger partial charge in [-0.15, -0.1) is 11.6 Å². The number of aryl methyl sites for hydroxylation is 1. The highest BCUT2D eigenvalue weighted by molar-refractivity contribution is 6.16. The molecule has 1 aromatic carbocycles. The molecule has 0 atom stereocenters. The number of aromatic nitrogens is 3. The first-order valence-electron chi connectivity index (χ1n) is 5.47. The smallest absolute Gasteiger partial charge is 0.121 e. The van der Waals surface area contributed by atoms with Gasteiger partial charge in [0.15, 0.2) is 0 Å². The topological polar surface area (TPSA) is 44.5 Å². The standard InChI is InChI=1S/C13H12ClN3/c1-8-13(17-12(6-14)16-8)10-7-15-11-5-3-2-4-9(10)11/h2-5,7,15H,6H2,1H3,(H,16,17). The molecule has 0 saturated carbocycles. The quantitative estimate of drug-likeness (QED) is 0.666. The minimum absolute atomic E-state index is 0.406. The van der Waals surface area contributed by atoms with Crippen LogP contribution in [0.1, 0.15) is 11.5 Å². The number of nitrogens with zero attached hydrogens (tertiary/aromatic N) is 1. The average molecular weight is 246 g/mol. The number of para-hydroxylation sites is 1. The maximum Gasteiger partial charge on any atom is 0.121 e. The molecule has 0 fully saturated rings. The summed E-state index contributed by atoms with van der Waals surface area (Å²) in [5.41, 5.74) is 4.26. The van der Waals surface area contributed by atoms with Gasteiger partial charge in [0.05, 0.1) is 11.6 Å². The number of rotatable bonds is 2. The van der Waals surface area contributed by atoms with Crippen LogP contribution in [-0.4, -0.2) is 15.0 Å². The first-order valence-corrected chi connectivity index (χ1v) is 6.01. The first-order chi connectivity index (χ1) is 8.29. The van der Waals surface area contributed by atoms with Gasteiger partial charge in [-0.05, 0) is 13.0 Å². The summed E-state index contributed by atoms with van der Waals surface area (Å²) < 4.78 is 0. The Morgan fingerprint density at radius 3 is 2.88 bits per heavy atom. The zero-order chi connectivity index (χ0) is 11.8. The van der Waals surface area contributed by atoms with E-state index in [1.807, 2.05) is 25.3 Å². The van der Waals surface area contributed by atoms with Crippen molar-refractivity contribution in [3.8, 4) is 11.3 Å². The Kier molecular flexibility index (Phi) is 2.41. The molecule has 3 nitrogen and oxygen atoms in total. The van der Waals surface area contributed by atoms with E-state index >= 15 is 0 Å². The van der Waals surface area contributed by atoms with Crippen LogP contribution in [0, 0.1) is 6.92 Å². The fraction of sp³-hybridized carbons (Fsp3) is 0.154. The Morgan fingerprint density at radius 2 is 2.12 bits per heavy atom. The lowest BCUT2D eigenvalue weighted by atomic mass is 10.1. The van der Waals surface area contributed by atoms with Gasteiger partial charge in [0.25, 0.3) is 0 Å². The molecule has 4 heteroatoms. The van der Waals surface area contributed by atoms with Gasteiger partial charge < -0.3 is 9.97 Å². The summed E-state index contributed by atoms with van der Waals surface area (Å²) in [5, 5.41) is 1.18. The molecule has 0 unspecified atom stereocenters.